The molecule has 140 valence electrons. The van der Waals surface area contributed by atoms with Crippen LogP contribution in [0.25, 0.3) is 11.1 Å². The number of sulfone groups is 1. The van der Waals surface area contributed by atoms with Crippen LogP contribution in [0.4, 0.5) is 0 Å². The van der Waals surface area contributed by atoms with Gasteiger partial charge in [0.15, 0.2) is 9.84 Å². The number of hydrogen-bond acceptors (Lipinski definition) is 5. The lowest BCUT2D eigenvalue weighted by molar-refractivity contribution is 0.0888. The van der Waals surface area contributed by atoms with E-state index < -0.39 is 15.9 Å². The third-order valence-corrected chi connectivity index (χ3v) is 5.37. The van der Waals surface area contributed by atoms with Crippen molar-refractivity contribution in [3.8, 4) is 11.1 Å². The maximum Gasteiger partial charge on any atom is 0.251 e. The highest BCUT2D eigenvalue weighted by Gasteiger charge is 2.26. The Bertz CT molecular complexity index is 884. The van der Waals surface area contributed by atoms with E-state index in [0.29, 0.717) is 18.7 Å². The molecule has 0 aromatic heterocycles. The molecule has 26 heavy (non-hydrogen) atoms. The van der Waals surface area contributed by atoms with E-state index in [1.54, 1.807) is 42.5 Å². The fraction of sp³-hybridized carbons (Fsp3) is 0.278. The van der Waals surface area contributed by atoms with Gasteiger partial charge in [-0.1, -0.05) is 24.3 Å². The van der Waals surface area contributed by atoms with Crippen LogP contribution in [-0.4, -0.2) is 50.9 Å². The second-order valence-corrected chi connectivity index (χ2v) is 8.20. The number of carbonyl (C=O) groups is 1. The highest BCUT2D eigenvalue weighted by Crippen LogP contribution is 2.22. The molecule has 0 saturated carbocycles. The normalized spacial score (nSPS) is 19.6. The van der Waals surface area contributed by atoms with Gasteiger partial charge in [-0.25, -0.2) is 8.42 Å². The smallest absolute Gasteiger partial charge is 0.251 e. The van der Waals surface area contributed by atoms with Crippen LogP contribution in [-0.2, 0) is 9.84 Å². The van der Waals surface area contributed by atoms with Gasteiger partial charge in [-0.15, -0.1) is 12.4 Å². The summed E-state index contributed by atoms with van der Waals surface area (Å²) in [5.74, 6) is -0.248. The Labute approximate surface area is 159 Å². The summed E-state index contributed by atoms with van der Waals surface area (Å²) in [6.07, 6.45) is 0.579. The summed E-state index contributed by atoms with van der Waals surface area (Å²) < 4.78 is 23.1. The summed E-state index contributed by atoms with van der Waals surface area (Å²) in [4.78, 5) is 12.6. The molecule has 0 aliphatic carbocycles. The molecule has 1 aliphatic rings. The fourth-order valence-corrected chi connectivity index (χ4v) is 3.43. The van der Waals surface area contributed by atoms with Crippen LogP contribution < -0.4 is 10.6 Å². The van der Waals surface area contributed by atoms with Crippen LogP contribution in [0.1, 0.15) is 10.4 Å². The number of benzene rings is 2. The average molecular weight is 397 g/mol. The minimum atomic E-state index is -3.24. The molecule has 8 heteroatoms. The van der Waals surface area contributed by atoms with Crippen LogP contribution in [0.3, 0.4) is 0 Å². The second kappa shape index (κ2) is 8.18. The largest absolute Gasteiger partial charge is 0.390 e. The van der Waals surface area contributed by atoms with Gasteiger partial charge in [0.2, 0.25) is 0 Å². The Hall–Kier alpha value is -1.93. The lowest BCUT2D eigenvalue weighted by atomic mass is 10.0. The minimum absolute atomic E-state index is 0. The molecule has 1 heterocycles. The number of hydrogen-bond donors (Lipinski definition) is 3. The van der Waals surface area contributed by atoms with Gasteiger partial charge in [0, 0.05) is 24.9 Å². The Morgan fingerprint density at radius 1 is 1.12 bits per heavy atom. The van der Waals surface area contributed by atoms with Gasteiger partial charge in [0.05, 0.1) is 17.0 Å². The number of nitrogens with one attached hydrogen (secondary N) is 2. The van der Waals surface area contributed by atoms with Crippen LogP contribution in [0, 0.1) is 0 Å². The fourth-order valence-electron chi connectivity index (χ4n) is 2.80. The zero-order valence-electron chi connectivity index (χ0n) is 14.2. The van der Waals surface area contributed by atoms with Crippen LogP contribution in [0.15, 0.2) is 53.4 Å². The molecule has 2 aromatic rings. The maximum atomic E-state index is 12.4. The van der Waals surface area contributed by atoms with Gasteiger partial charge in [-0.05, 0) is 35.4 Å². The molecule has 3 rings (SSSR count). The Balaban J connectivity index is 0.00000243. The Morgan fingerprint density at radius 3 is 2.38 bits per heavy atom. The molecule has 1 amide bonds. The van der Waals surface area contributed by atoms with Crippen molar-refractivity contribution in [3.05, 3.63) is 54.1 Å². The van der Waals surface area contributed by atoms with Gasteiger partial charge < -0.3 is 15.7 Å². The van der Waals surface area contributed by atoms with Crippen molar-refractivity contribution < 1.29 is 18.3 Å². The molecule has 3 N–H and O–H groups in total. The van der Waals surface area contributed by atoms with Crippen molar-refractivity contribution in [2.45, 2.75) is 17.0 Å². The Morgan fingerprint density at radius 2 is 1.81 bits per heavy atom. The average Bonchev–Trinajstić information content (AvgIpc) is 2.99. The minimum Gasteiger partial charge on any atom is -0.390 e. The standard InChI is InChI=1S/C18H20N2O4S.ClH/c1-25(23,24)15-7-5-12(6-8-15)13-3-2-4-14(9-13)18(22)20-16-10-19-11-17(16)21;/h2-9,16-17,19,21H,10-11H2,1H3,(H,20,22);1H/t16-,17-;/m1./s1. The molecule has 1 fully saturated rings. The lowest BCUT2D eigenvalue weighted by Gasteiger charge is -2.15. The summed E-state index contributed by atoms with van der Waals surface area (Å²) in [7, 11) is -3.24. The summed E-state index contributed by atoms with van der Waals surface area (Å²) in [5, 5.41) is 15.6. The van der Waals surface area contributed by atoms with E-state index in [0.717, 1.165) is 11.1 Å². The molecule has 0 unspecified atom stereocenters. The van der Waals surface area contributed by atoms with Crippen molar-refractivity contribution >= 4 is 28.2 Å². The lowest BCUT2D eigenvalue weighted by Crippen LogP contribution is -2.42. The van der Waals surface area contributed by atoms with E-state index in [-0.39, 0.29) is 29.3 Å². The third kappa shape index (κ3) is 4.62. The summed E-state index contributed by atoms with van der Waals surface area (Å²) >= 11 is 0. The predicted molar refractivity (Wildman–Crippen MR) is 102 cm³/mol. The molecular formula is C18H21ClN2O4S. The number of aliphatic hydroxyl groups is 1. The van der Waals surface area contributed by atoms with E-state index in [2.05, 4.69) is 10.6 Å². The van der Waals surface area contributed by atoms with Crippen LogP contribution >= 0.6 is 12.4 Å². The first-order valence-corrected chi connectivity index (χ1v) is 9.84. The molecule has 0 radical (unpaired) electrons. The van der Waals surface area contributed by atoms with E-state index in [9.17, 15) is 18.3 Å². The quantitative estimate of drug-likeness (QED) is 0.722. The molecule has 0 spiro atoms. The zero-order chi connectivity index (χ0) is 18.0. The summed E-state index contributed by atoms with van der Waals surface area (Å²) in [6.45, 7) is 1.01. The van der Waals surface area contributed by atoms with Crippen molar-refractivity contribution in [3.63, 3.8) is 0 Å². The van der Waals surface area contributed by atoms with Gasteiger partial charge in [-0.2, -0.15) is 0 Å². The first kappa shape index (κ1) is 20.4. The van der Waals surface area contributed by atoms with Gasteiger partial charge >= 0.3 is 0 Å². The van der Waals surface area contributed by atoms with Gasteiger partial charge in [0.1, 0.15) is 0 Å². The molecule has 1 aliphatic heterocycles. The zero-order valence-corrected chi connectivity index (χ0v) is 15.8. The SMILES string of the molecule is CS(=O)(=O)c1ccc(-c2cccc(C(=O)N[C@@H]3CNC[C@H]3O)c2)cc1.Cl. The maximum absolute atomic E-state index is 12.4. The van der Waals surface area contributed by atoms with Crippen LogP contribution in [0.5, 0.6) is 0 Å². The van der Waals surface area contributed by atoms with Crippen molar-refractivity contribution in [1.29, 1.82) is 0 Å². The topological polar surface area (TPSA) is 95.5 Å². The molecular weight excluding hydrogens is 376 g/mol. The van der Waals surface area contributed by atoms with E-state index in [1.165, 1.54) is 6.26 Å². The monoisotopic (exact) mass is 396 g/mol. The first-order chi connectivity index (χ1) is 11.8. The highest BCUT2D eigenvalue weighted by molar-refractivity contribution is 7.90. The predicted octanol–water partition coefficient (Wildman–Crippen LogP) is 1.24. The van der Waals surface area contributed by atoms with E-state index in [1.807, 2.05) is 6.07 Å². The van der Waals surface area contributed by atoms with Crippen molar-refractivity contribution in [2.24, 2.45) is 0 Å². The number of β-amino-alcohol motifs (C(OH)–C–C–N with tert-alkyl or cyclic N) is 1. The number of halogens is 1. The van der Waals surface area contributed by atoms with Crippen LogP contribution in [0.2, 0.25) is 0 Å². The van der Waals surface area contributed by atoms with E-state index in [4.69, 9.17) is 0 Å². The summed E-state index contributed by atoms with van der Waals surface area (Å²) in [5.41, 5.74) is 2.13. The molecule has 0 bridgehead atoms. The molecule has 6 nitrogen and oxygen atoms in total. The Kier molecular flexibility index (Phi) is 6.41. The second-order valence-electron chi connectivity index (χ2n) is 6.18. The van der Waals surface area contributed by atoms with E-state index >= 15 is 0 Å². The summed E-state index contributed by atoms with van der Waals surface area (Å²) in [6, 6.07) is 13.3. The molecule has 1 saturated heterocycles. The molecule has 2 atom stereocenters. The van der Waals surface area contributed by atoms with Crippen molar-refractivity contribution in [1.82, 2.24) is 10.6 Å². The molecule has 2 aromatic carbocycles. The number of carbonyl (C=O) groups excluding carboxylic acids is 1. The number of aliphatic hydroxyl groups excluding tert-OH is 1. The third-order valence-electron chi connectivity index (χ3n) is 4.24. The highest BCUT2D eigenvalue weighted by atomic mass is 35.5. The first-order valence-electron chi connectivity index (χ1n) is 7.95. The number of amides is 1. The van der Waals surface area contributed by atoms with Gasteiger partial charge in [-0.3, -0.25) is 4.79 Å². The van der Waals surface area contributed by atoms with Gasteiger partial charge in [0.25, 0.3) is 5.91 Å². The number of rotatable bonds is 4. The van der Waals surface area contributed by atoms with Crippen molar-refractivity contribution in [2.75, 3.05) is 19.3 Å².